The maximum atomic E-state index is 13.5. The van der Waals surface area contributed by atoms with Crippen LogP contribution >= 0.6 is 34.8 Å². The van der Waals surface area contributed by atoms with Gasteiger partial charge in [-0.2, -0.15) is 0 Å². The topological polar surface area (TPSA) is 78.5 Å². The largest absolute Gasteiger partial charge is 0.349 e. The quantitative estimate of drug-likeness (QED) is 0.377. The van der Waals surface area contributed by atoms with E-state index in [4.69, 9.17) is 34.8 Å². The molecule has 0 radical (unpaired) electrons. The van der Waals surface area contributed by atoms with Crippen molar-refractivity contribution in [2.75, 3.05) is 15.5 Å². The fraction of sp³-hybridized carbons (Fsp3) is 0.0417. The fourth-order valence-electron chi connectivity index (χ4n) is 3.28. The lowest BCUT2D eigenvalue weighted by Crippen LogP contribution is -2.32. The van der Waals surface area contributed by atoms with E-state index < -0.39 is 29.4 Å². The van der Waals surface area contributed by atoms with E-state index >= 15 is 0 Å². The number of halogens is 5. The van der Waals surface area contributed by atoms with Crippen LogP contribution in [0.5, 0.6) is 0 Å². The Labute approximate surface area is 213 Å². The summed E-state index contributed by atoms with van der Waals surface area (Å²) in [6.07, 6.45) is 0. The second-order valence-electron chi connectivity index (χ2n) is 7.47. The first-order chi connectivity index (χ1) is 16.6. The molecule has 35 heavy (non-hydrogen) atoms. The van der Waals surface area contributed by atoms with Crippen LogP contribution in [0.25, 0.3) is 0 Å². The van der Waals surface area contributed by atoms with E-state index in [1.54, 1.807) is 19.1 Å². The standard InChI is InChI=1S/C24H14Cl3F2N3O3/c1-11-2-3-12(22(33)30-13-4-6-17(28)15(25)9-13)8-19(11)31-21-20(27)23(34)32(24(21)35)14-5-7-18(29)16(26)10-14/h2-10,31H,1H3,(H,30,33). The van der Waals surface area contributed by atoms with Gasteiger partial charge in [0, 0.05) is 16.9 Å². The maximum Gasteiger partial charge on any atom is 0.283 e. The second-order valence-corrected chi connectivity index (χ2v) is 8.66. The monoisotopic (exact) mass is 535 g/mol. The Morgan fingerprint density at radius 1 is 0.857 bits per heavy atom. The second kappa shape index (κ2) is 9.65. The summed E-state index contributed by atoms with van der Waals surface area (Å²) >= 11 is 17.7. The molecule has 6 nitrogen and oxygen atoms in total. The van der Waals surface area contributed by atoms with Crippen molar-refractivity contribution < 1.29 is 23.2 Å². The smallest absolute Gasteiger partial charge is 0.283 e. The number of nitrogens with zero attached hydrogens (tertiary/aromatic N) is 1. The average molecular weight is 537 g/mol. The molecule has 3 aromatic carbocycles. The van der Waals surface area contributed by atoms with Crippen LogP contribution in [-0.4, -0.2) is 17.7 Å². The summed E-state index contributed by atoms with van der Waals surface area (Å²) in [6.45, 7) is 1.72. The van der Waals surface area contributed by atoms with Crippen molar-refractivity contribution in [3.8, 4) is 0 Å². The summed E-state index contributed by atoms with van der Waals surface area (Å²) in [4.78, 5) is 39.1. The summed E-state index contributed by atoms with van der Waals surface area (Å²) in [5.41, 5.74) is 1.30. The first-order valence-electron chi connectivity index (χ1n) is 9.94. The Balaban J connectivity index is 1.58. The molecule has 178 valence electrons. The van der Waals surface area contributed by atoms with Crippen LogP contribution in [0.4, 0.5) is 25.8 Å². The van der Waals surface area contributed by atoms with Crippen LogP contribution in [0.1, 0.15) is 15.9 Å². The van der Waals surface area contributed by atoms with Crippen LogP contribution in [0.2, 0.25) is 10.0 Å². The zero-order valence-corrected chi connectivity index (χ0v) is 20.0. The number of nitrogens with one attached hydrogen (secondary N) is 2. The summed E-state index contributed by atoms with van der Waals surface area (Å²) in [5.74, 6) is -3.45. The highest BCUT2D eigenvalue weighted by Crippen LogP contribution is 2.33. The highest BCUT2D eigenvalue weighted by Gasteiger charge is 2.39. The molecule has 1 aliphatic rings. The van der Waals surface area contributed by atoms with Gasteiger partial charge >= 0.3 is 0 Å². The Hall–Kier alpha value is -3.46. The van der Waals surface area contributed by atoms with E-state index in [9.17, 15) is 23.2 Å². The molecule has 0 saturated heterocycles. The lowest BCUT2D eigenvalue weighted by molar-refractivity contribution is -0.120. The normalized spacial score (nSPS) is 13.5. The third-order valence-corrected chi connectivity index (χ3v) is 6.06. The van der Waals surface area contributed by atoms with Gasteiger partial charge in [0.05, 0.1) is 15.7 Å². The van der Waals surface area contributed by atoms with Gasteiger partial charge in [-0.15, -0.1) is 0 Å². The molecule has 0 fully saturated rings. The van der Waals surface area contributed by atoms with E-state index in [2.05, 4.69) is 10.6 Å². The number of imide groups is 1. The average Bonchev–Trinajstić information content (AvgIpc) is 3.02. The molecule has 3 aromatic rings. The molecular weight excluding hydrogens is 523 g/mol. The van der Waals surface area contributed by atoms with Gasteiger partial charge < -0.3 is 10.6 Å². The van der Waals surface area contributed by atoms with Gasteiger partial charge in [0.2, 0.25) is 0 Å². The van der Waals surface area contributed by atoms with Crippen LogP contribution in [-0.2, 0) is 9.59 Å². The minimum Gasteiger partial charge on any atom is -0.349 e. The number of hydrogen-bond donors (Lipinski definition) is 2. The number of rotatable bonds is 5. The van der Waals surface area contributed by atoms with Gasteiger partial charge in [0.25, 0.3) is 17.7 Å². The maximum absolute atomic E-state index is 13.5. The van der Waals surface area contributed by atoms with Crippen molar-refractivity contribution in [1.29, 1.82) is 0 Å². The van der Waals surface area contributed by atoms with E-state index in [-0.39, 0.29) is 37.7 Å². The molecule has 0 saturated carbocycles. The summed E-state index contributed by atoms with van der Waals surface area (Å²) in [6, 6.07) is 11.8. The summed E-state index contributed by atoms with van der Waals surface area (Å²) in [5, 5.41) is 4.62. The molecule has 0 aliphatic carbocycles. The van der Waals surface area contributed by atoms with Gasteiger partial charge in [0.15, 0.2) is 0 Å². The molecule has 1 aliphatic heterocycles. The van der Waals surface area contributed by atoms with Gasteiger partial charge in [-0.3, -0.25) is 14.4 Å². The number of benzene rings is 3. The first-order valence-corrected chi connectivity index (χ1v) is 11.1. The van der Waals surface area contributed by atoms with E-state index in [0.717, 1.165) is 23.1 Å². The number of amides is 3. The highest BCUT2D eigenvalue weighted by atomic mass is 35.5. The van der Waals surface area contributed by atoms with Gasteiger partial charge in [-0.05, 0) is 61.0 Å². The zero-order valence-electron chi connectivity index (χ0n) is 17.8. The van der Waals surface area contributed by atoms with Crippen LogP contribution < -0.4 is 15.5 Å². The minimum atomic E-state index is -0.818. The molecule has 0 unspecified atom stereocenters. The van der Waals surface area contributed by atoms with Gasteiger partial charge in [0.1, 0.15) is 22.4 Å². The Kier molecular flexibility index (Phi) is 6.80. The SMILES string of the molecule is Cc1ccc(C(=O)Nc2ccc(F)c(Cl)c2)cc1NC1=C(Cl)C(=O)N(c2ccc(F)c(Cl)c2)C1=O. The third kappa shape index (κ3) is 4.86. The van der Waals surface area contributed by atoms with Crippen molar-refractivity contribution in [1.82, 2.24) is 0 Å². The predicted octanol–water partition coefficient (Wildman–Crippen LogP) is 6.27. The van der Waals surface area contributed by atoms with Crippen molar-refractivity contribution in [3.05, 3.63) is 98.1 Å². The molecule has 2 N–H and O–H groups in total. The molecule has 0 aromatic heterocycles. The molecule has 1 heterocycles. The minimum absolute atomic E-state index is 0.0455. The Morgan fingerprint density at radius 2 is 1.51 bits per heavy atom. The molecule has 0 bridgehead atoms. The highest BCUT2D eigenvalue weighted by molar-refractivity contribution is 6.53. The zero-order chi connectivity index (χ0) is 25.4. The molecule has 11 heteroatoms. The Bertz CT molecular complexity index is 1440. The number of hydrogen-bond acceptors (Lipinski definition) is 4. The van der Waals surface area contributed by atoms with Gasteiger partial charge in [-0.1, -0.05) is 40.9 Å². The van der Waals surface area contributed by atoms with E-state index in [1.165, 1.54) is 24.3 Å². The summed E-state index contributed by atoms with van der Waals surface area (Å²) < 4.78 is 26.9. The number of carbonyl (C=O) groups is 3. The third-order valence-electron chi connectivity index (χ3n) is 5.13. The predicted molar refractivity (Wildman–Crippen MR) is 131 cm³/mol. The fourth-order valence-corrected chi connectivity index (χ4v) is 3.85. The molecule has 4 rings (SSSR count). The molecular formula is C24H14Cl3F2N3O3. The van der Waals surface area contributed by atoms with E-state index in [0.29, 0.717) is 11.3 Å². The van der Waals surface area contributed by atoms with Crippen LogP contribution in [0.3, 0.4) is 0 Å². The van der Waals surface area contributed by atoms with E-state index in [1.807, 2.05) is 0 Å². The van der Waals surface area contributed by atoms with Gasteiger partial charge in [-0.25, -0.2) is 13.7 Å². The number of carbonyl (C=O) groups excluding carboxylic acids is 3. The summed E-state index contributed by atoms with van der Waals surface area (Å²) in [7, 11) is 0. The van der Waals surface area contributed by atoms with Crippen molar-refractivity contribution in [3.63, 3.8) is 0 Å². The number of anilines is 3. The van der Waals surface area contributed by atoms with Crippen molar-refractivity contribution >= 4 is 69.6 Å². The van der Waals surface area contributed by atoms with Crippen LogP contribution in [0, 0.1) is 18.6 Å². The molecule has 0 atom stereocenters. The Morgan fingerprint density at radius 3 is 2.17 bits per heavy atom. The molecule has 0 spiro atoms. The lowest BCUT2D eigenvalue weighted by atomic mass is 10.1. The van der Waals surface area contributed by atoms with Crippen LogP contribution in [0.15, 0.2) is 65.3 Å². The molecule has 3 amide bonds. The van der Waals surface area contributed by atoms with Crippen molar-refractivity contribution in [2.45, 2.75) is 6.92 Å². The number of aryl methyl sites for hydroxylation is 1. The first kappa shape index (κ1) is 24.7. The van der Waals surface area contributed by atoms with Crippen molar-refractivity contribution in [2.24, 2.45) is 0 Å². The lowest BCUT2D eigenvalue weighted by Gasteiger charge is -2.16.